The number of rotatable bonds is 6. The molecule has 136 valence electrons. The van der Waals surface area contributed by atoms with Crippen LogP contribution in [0.15, 0.2) is 48.5 Å². The lowest BCUT2D eigenvalue weighted by molar-refractivity contribution is -0.529. The highest BCUT2D eigenvalue weighted by Crippen LogP contribution is 2.34. The van der Waals surface area contributed by atoms with Crippen molar-refractivity contribution in [2.24, 2.45) is 0 Å². The van der Waals surface area contributed by atoms with Crippen molar-refractivity contribution in [1.29, 1.82) is 0 Å². The number of nitro groups is 1. The van der Waals surface area contributed by atoms with Gasteiger partial charge in [0.15, 0.2) is 11.5 Å². The van der Waals surface area contributed by atoms with Gasteiger partial charge in [-0.3, -0.25) is 14.9 Å². The predicted molar refractivity (Wildman–Crippen MR) is 94.7 cm³/mol. The fraction of sp³-hybridized carbons (Fsp3) is 0.316. The Morgan fingerprint density at radius 3 is 2.65 bits per heavy atom. The van der Waals surface area contributed by atoms with E-state index < -0.39 is 12.1 Å². The van der Waals surface area contributed by atoms with Gasteiger partial charge in [0.2, 0.25) is 11.9 Å². The van der Waals surface area contributed by atoms with E-state index >= 15 is 0 Å². The van der Waals surface area contributed by atoms with Crippen LogP contribution in [0.3, 0.4) is 0 Å². The van der Waals surface area contributed by atoms with Crippen LogP contribution < -0.4 is 14.8 Å². The van der Waals surface area contributed by atoms with Crippen molar-refractivity contribution in [2.75, 3.05) is 7.11 Å². The zero-order valence-corrected chi connectivity index (χ0v) is 14.4. The summed E-state index contributed by atoms with van der Waals surface area (Å²) in [6, 6.07) is 13.3. The molecule has 2 aromatic carbocycles. The lowest BCUT2D eigenvalue weighted by atomic mass is 9.92. The molecule has 1 heterocycles. The van der Waals surface area contributed by atoms with Gasteiger partial charge in [0.05, 0.1) is 7.11 Å². The summed E-state index contributed by atoms with van der Waals surface area (Å²) in [6.07, 6.45) is 0.385. The third-order valence-electron chi connectivity index (χ3n) is 4.42. The summed E-state index contributed by atoms with van der Waals surface area (Å²) in [5, 5.41) is 14.0. The molecule has 0 aromatic heterocycles. The van der Waals surface area contributed by atoms with Gasteiger partial charge in [-0.15, -0.1) is 0 Å². The van der Waals surface area contributed by atoms with E-state index in [1.807, 2.05) is 30.3 Å². The predicted octanol–water partition coefficient (Wildman–Crippen LogP) is 2.87. The van der Waals surface area contributed by atoms with Gasteiger partial charge in [-0.25, -0.2) is 0 Å². The monoisotopic (exact) mass is 356 g/mol. The van der Waals surface area contributed by atoms with Crippen molar-refractivity contribution < 1.29 is 19.2 Å². The fourth-order valence-corrected chi connectivity index (χ4v) is 3.05. The summed E-state index contributed by atoms with van der Waals surface area (Å²) in [7, 11) is 1.51. The first-order valence-corrected chi connectivity index (χ1v) is 8.36. The number of hydrogen-bond donors (Lipinski definition) is 1. The minimum absolute atomic E-state index is 0.164. The molecule has 0 unspecified atom stereocenters. The van der Waals surface area contributed by atoms with Gasteiger partial charge in [0.25, 0.3) is 0 Å². The van der Waals surface area contributed by atoms with Crippen molar-refractivity contribution in [2.45, 2.75) is 31.5 Å². The van der Waals surface area contributed by atoms with Crippen molar-refractivity contribution in [3.05, 3.63) is 69.8 Å². The molecule has 2 aromatic rings. The number of nitrogens with zero attached hydrogens (tertiary/aromatic N) is 1. The summed E-state index contributed by atoms with van der Waals surface area (Å²) in [5.74, 6) is 0.830. The lowest BCUT2D eigenvalue weighted by Crippen LogP contribution is -2.45. The van der Waals surface area contributed by atoms with Crippen LogP contribution in [0.4, 0.5) is 0 Å². The maximum atomic E-state index is 11.7. The number of piperidine rings is 1. The Kier molecular flexibility index (Phi) is 5.36. The fourth-order valence-electron chi connectivity index (χ4n) is 3.05. The second kappa shape index (κ2) is 7.86. The summed E-state index contributed by atoms with van der Waals surface area (Å²) >= 11 is 0. The largest absolute Gasteiger partial charge is 0.493 e. The van der Waals surface area contributed by atoms with Gasteiger partial charge in [0, 0.05) is 17.8 Å². The summed E-state index contributed by atoms with van der Waals surface area (Å²) in [4.78, 5) is 22.7. The van der Waals surface area contributed by atoms with Gasteiger partial charge >= 0.3 is 0 Å². The zero-order valence-electron chi connectivity index (χ0n) is 14.4. The normalized spacial score (nSPS) is 19.5. The lowest BCUT2D eigenvalue weighted by Gasteiger charge is -2.27. The van der Waals surface area contributed by atoms with E-state index in [1.54, 1.807) is 18.2 Å². The van der Waals surface area contributed by atoms with Crippen LogP contribution >= 0.6 is 0 Å². The number of hydrogen-bond acceptors (Lipinski definition) is 5. The highest BCUT2D eigenvalue weighted by Gasteiger charge is 2.38. The molecular weight excluding hydrogens is 336 g/mol. The van der Waals surface area contributed by atoms with Crippen molar-refractivity contribution in [1.82, 2.24) is 5.32 Å². The Hall–Kier alpha value is -3.09. The van der Waals surface area contributed by atoms with Crippen LogP contribution in [-0.4, -0.2) is 24.0 Å². The van der Waals surface area contributed by atoms with Crippen LogP contribution in [0.25, 0.3) is 0 Å². The van der Waals surface area contributed by atoms with Crippen LogP contribution in [0.5, 0.6) is 11.5 Å². The highest BCUT2D eigenvalue weighted by molar-refractivity contribution is 5.77. The maximum absolute atomic E-state index is 11.7. The molecule has 1 N–H and O–H groups in total. The standard InChI is InChI=1S/C19H20N2O5/c1-25-17-11-14(19-15(21(23)24)8-10-18(22)20-19)7-9-16(17)26-12-13-5-3-2-4-6-13/h2-7,9,11,15,19H,8,10,12H2,1H3,(H,20,22)/t15-,19-/m1/s1. The number of carbonyl (C=O) groups is 1. The number of carbonyl (C=O) groups excluding carboxylic acids is 1. The van der Waals surface area contributed by atoms with Crippen LogP contribution in [0, 0.1) is 10.1 Å². The van der Waals surface area contributed by atoms with Crippen LogP contribution in [-0.2, 0) is 11.4 Å². The molecule has 7 nitrogen and oxygen atoms in total. The maximum Gasteiger partial charge on any atom is 0.237 e. The highest BCUT2D eigenvalue weighted by atomic mass is 16.6. The zero-order chi connectivity index (χ0) is 18.5. The Bertz CT molecular complexity index is 794. The summed E-state index contributed by atoms with van der Waals surface area (Å²) in [5.41, 5.74) is 1.65. The molecule has 0 saturated carbocycles. The van der Waals surface area contributed by atoms with E-state index in [-0.39, 0.29) is 23.7 Å². The Balaban J connectivity index is 1.81. The number of amides is 1. The van der Waals surface area contributed by atoms with Gasteiger partial charge in [0.1, 0.15) is 12.6 Å². The van der Waals surface area contributed by atoms with E-state index in [1.165, 1.54) is 7.11 Å². The number of benzene rings is 2. The van der Waals surface area contributed by atoms with Crippen LogP contribution in [0.1, 0.15) is 30.0 Å². The van der Waals surface area contributed by atoms with E-state index in [0.29, 0.717) is 23.7 Å². The quantitative estimate of drug-likeness (QED) is 0.635. The SMILES string of the molecule is COc1cc([C@H]2NC(=O)CC[C@H]2[N+](=O)[O-])ccc1OCc1ccccc1. The van der Waals surface area contributed by atoms with Crippen LogP contribution in [0.2, 0.25) is 0 Å². The topological polar surface area (TPSA) is 90.7 Å². The van der Waals surface area contributed by atoms with Crippen molar-refractivity contribution >= 4 is 5.91 Å². The van der Waals surface area contributed by atoms with Crippen molar-refractivity contribution in [3.8, 4) is 11.5 Å². The number of methoxy groups -OCH3 is 1. The first-order valence-electron chi connectivity index (χ1n) is 8.36. The first kappa shape index (κ1) is 17.7. The number of ether oxygens (including phenoxy) is 2. The molecule has 26 heavy (non-hydrogen) atoms. The summed E-state index contributed by atoms with van der Waals surface area (Å²) in [6.45, 7) is 0.383. The average Bonchev–Trinajstić information content (AvgIpc) is 2.66. The summed E-state index contributed by atoms with van der Waals surface area (Å²) < 4.78 is 11.2. The molecule has 1 fully saturated rings. The second-order valence-electron chi connectivity index (χ2n) is 6.12. The molecule has 1 aliphatic rings. The molecule has 0 bridgehead atoms. The molecular formula is C19H20N2O5. The second-order valence-corrected chi connectivity index (χ2v) is 6.12. The van der Waals surface area contributed by atoms with E-state index in [9.17, 15) is 14.9 Å². The van der Waals surface area contributed by atoms with E-state index in [4.69, 9.17) is 9.47 Å². The molecule has 1 saturated heterocycles. The van der Waals surface area contributed by atoms with Gasteiger partial charge in [-0.1, -0.05) is 36.4 Å². The molecule has 1 aliphatic heterocycles. The Labute approximate surface area is 151 Å². The molecule has 0 spiro atoms. The van der Waals surface area contributed by atoms with Gasteiger partial charge in [-0.2, -0.15) is 0 Å². The van der Waals surface area contributed by atoms with E-state index in [0.717, 1.165) is 5.56 Å². The molecule has 3 rings (SSSR count). The number of nitrogens with one attached hydrogen (secondary N) is 1. The molecule has 0 aliphatic carbocycles. The van der Waals surface area contributed by atoms with E-state index in [2.05, 4.69) is 5.32 Å². The minimum atomic E-state index is -0.853. The average molecular weight is 356 g/mol. The smallest absolute Gasteiger partial charge is 0.237 e. The van der Waals surface area contributed by atoms with Gasteiger partial charge < -0.3 is 14.8 Å². The third kappa shape index (κ3) is 3.93. The molecule has 1 amide bonds. The Morgan fingerprint density at radius 2 is 1.96 bits per heavy atom. The third-order valence-corrected chi connectivity index (χ3v) is 4.42. The minimum Gasteiger partial charge on any atom is -0.493 e. The molecule has 0 radical (unpaired) electrons. The van der Waals surface area contributed by atoms with Gasteiger partial charge in [-0.05, 0) is 23.3 Å². The Morgan fingerprint density at radius 1 is 1.19 bits per heavy atom. The van der Waals surface area contributed by atoms with Crippen molar-refractivity contribution in [3.63, 3.8) is 0 Å². The molecule has 2 atom stereocenters. The first-order chi connectivity index (χ1) is 12.6. The molecule has 7 heteroatoms.